The smallest absolute Gasteiger partial charge is 0.332 e. The molecular formula is C44H84O4. The summed E-state index contributed by atoms with van der Waals surface area (Å²) < 4.78 is 0. The van der Waals surface area contributed by atoms with Gasteiger partial charge in [-0.15, -0.1) is 0 Å². The van der Waals surface area contributed by atoms with Gasteiger partial charge in [0, 0.05) is 11.1 Å². The predicted octanol–water partition coefficient (Wildman–Crippen LogP) is 14.7. The van der Waals surface area contributed by atoms with Crippen molar-refractivity contribution in [1.29, 1.82) is 0 Å². The van der Waals surface area contributed by atoms with Crippen molar-refractivity contribution < 1.29 is 19.8 Å². The second-order valence-corrected chi connectivity index (χ2v) is 16.0. The summed E-state index contributed by atoms with van der Waals surface area (Å²) in [5, 5.41) is 19.9. The van der Waals surface area contributed by atoms with Crippen LogP contribution in [-0.4, -0.2) is 22.2 Å². The second-order valence-electron chi connectivity index (χ2n) is 16.0. The van der Waals surface area contributed by atoms with Crippen LogP contribution in [0.4, 0.5) is 0 Å². The first kappa shape index (κ1) is 46.7. The summed E-state index contributed by atoms with van der Waals surface area (Å²) >= 11 is 0. The van der Waals surface area contributed by atoms with Crippen molar-refractivity contribution in [2.45, 2.75) is 234 Å². The van der Waals surface area contributed by atoms with Crippen molar-refractivity contribution in [2.75, 3.05) is 0 Å². The van der Waals surface area contributed by atoms with E-state index in [1.165, 1.54) is 141 Å². The number of carbonyl (C=O) groups is 2. The van der Waals surface area contributed by atoms with E-state index in [-0.39, 0.29) is 11.1 Å². The highest BCUT2D eigenvalue weighted by atomic mass is 16.4. The molecule has 2 atom stereocenters. The first-order chi connectivity index (χ1) is 23.1. The lowest BCUT2D eigenvalue weighted by atomic mass is 9.85. The van der Waals surface area contributed by atoms with Gasteiger partial charge in [0.15, 0.2) is 0 Å². The quantitative estimate of drug-likeness (QED) is 0.0511. The molecule has 0 saturated carbocycles. The highest BCUT2D eigenvalue weighted by molar-refractivity contribution is 5.98. The Labute approximate surface area is 300 Å². The van der Waals surface area contributed by atoms with E-state index in [1.807, 2.05) is 0 Å². The van der Waals surface area contributed by atoms with Crippen LogP contribution in [0.3, 0.4) is 0 Å². The van der Waals surface area contributed by atoms with E-state index in [0.717, 1.165) is 38.5 Å². The average Bonchev–Trinajstić information content (AvgIpc) is 3.04. The summed E-state index contributed by atoms with van der Waals surface area (Å²) in [5.74, 6) is 0.520. The van der Waals surface area contributed by atoms with Gasteiger partial charge in [0.05, 0.1) is 0 Å². The molecule has 0 spiro atoms. The summed E-state index contributed by atoms with van der Waals surface area (Å²) in [6.07, 6.45) is 36.1. The van der Waals surface area contributed by atoms with Gasteiger partial charge in [-0.3, -0.25) is 0 Å². The van der Waals surface area contributed by atoms with E-state index in [0.29, 0.717) is 36.5 Å². The number of carboxylic acid groups (broad SMARTS) is 2. The topological polar surface area (TPSA) is 74.6 Å². The van der Waals surface area contributed by atoms with E-state index in [9.17, 15) is 19.8 Å². The molecule has 2 N–H and O–H groups in total. The Morgan fingerprint density at radius 2 is 0.604 bits per heavy atom. The third kappa shape index (κ3) is 26.5. The monoisotopic (exact) mass is 677 g/mol. The number of hydrogen-bond acceptors (Lipinski definition) is 2. The van der Waals surface area contributed by atoms with Gasteiger partial charge in [0.25, 0.3) is 0 Å². The Bertz CT molecular complexity index is 719. The van der Waals surface area contributed by atoms with Gasteiger partial charge in [0.1, 0.15) is 0 Å². The maximum absolute atomic E-state index is 12.2. The van der Waals surface area contributed by atoms with Crippen LogP contribution in [0.5, 0.6) is 0 Å². The largest absolute Gasteiger partial charge is 0.478 e. The third-order valence-corrected chi connectivity index (χ3v) is 11.1. The lowest BCUT2D eigenvalue weighted by Crippen LogP contribution is -2.13. The van der Waals surface area contributed by atoms with Crippen molar-refractivity contribution in [3.05, 3.63) is 11.1 Å². The van der Waals surface area contributed by atoms with E-state index < -0.39 is 11.9 Å². The van der Waals surface area contributed by atoms with Crippen molar-refractivity contribution >= 4 is 11.9 Å². The Balaban J connectivity index is 4.52. The standard InChI is InChI=1S/C44H84O4/c1-7-9-11-13-15-17-19-21-23-25-31-39(37(3)4)33-27-29-35-41(43(45)46)42(44(47)48)36-30-28-34-40(38(5)6)32-26-24-22-20-18-16-14-12-10-8-2/h37-40H,7-36H2,1-6H3,(H,45,46)(H,47,48)/b42-41-. The normalized spacial score (nSPS) is 13.7. The molecule has 0 amide bonds. The fraction of sp³-hybridized carbons (Fsp3) is 0.909. The van der Waals surface area contributed by atoms with E-state index in [4.69, 9.17) is 0 Å². The maximum atomic E-state index is 12.2. The Morgan fingerprint density at radius 3 is 0.833 bits per heavy atom. The van der Waals surface area contributed by atoms with Gasteiger partial charge in [-0.2, -0.15) is 0 Å². The first-order valence-electron chi connectivity index (χ1n) is 21.3. The lowest BCUT2D eigenvalue weighted by molar-refractivity contribution is -0.136. The molecule has 0 rings (SSSR count). The van der Waals surface area contributed by atoms with Crippen LogP contribution in [0.1, 0.15) is 234 Å². The highest BCUT2D eigenvalue weighted by Crippen LogP contribution is 2.29. The number of unbranched alkanes of at least 4 members (excludes halogenated alkanes) is 20. The molecule has 2 unspecified atom stereocenters. The van der Waals surface area contributed by atoms with Gasteiger partial charge >= 0.3 is 11.9 Å². The molecule has 4 heteroatoms. The van der Waals surface area contributed by atoms with Crippen LogP contribution in [-0.2, 0) is 9.59 Å². The molecule has 284 valence electrons. The Morgan fingerprint density at radius 1 is 0.375 bits per heavy atom. The van der Waals surface area contributed by atoms with Crippen LogP contribution >= 0.6 is 0 Å². The SMILES string of the molecule is CCCCCCCCCCCCC(CCCC/C(C(=O)O)=C(\CCCCC(CCCCCCCCCCCC)C(C)C)C(=O)O)C(C)C. The molecule has 0 aliphatic rings. The minimum atomic E-state index is -1.04. The molecule has 0 heterocycles. The zero-order valence-corrected chi connectivity index (χ0v) is 33.2. The summed E-state index contributed by atoms with van der Waals surface area (Å²) in [6.45, 7) is 13.8. The fourth-order valence-corrected chi connectivity index (χ4v) is 7.60. The molecular weight excluding hydrogens is 592 g/mol. The average molecular weight is 677 g/mol. The molecule has 0 aromatic rings. The molecule has 0 aromatic heterocycles. The number of rotatable bonds is 36. The van der Waals surface area contributed by atoms with Crippen molar-refractivity contribution in [2.24, 2.45) is 23.7 Å². The van der Waals surface area contributed by atoms with E-state index >= 15 is 0 Å². The molecule has 48 heavy (non-hydrogen) atoms. The summed E-state index contributed by atoms with van der Waals surface area (Å²) in [4.78, 5) is 24.4. The molecule has 0 radical (unpaired) electrons. The second kappa shape index (κ2) is 32.9. The van der Waals surface area contributed by atoms with Crippen LogP contribution in [0.25, 0.3) is 0 Å². The van der Waals surface area contributed by atoms with Gasteiger partial charge in [-0.1, -0.05) is 208 Å². The lowest BCUT2D eigenvalue weighted by Gasteiger charge is -2.21. The van der Waals surface area contributed by atoms with Crippen LogP contribution in [0.15, 0.2) is 11.1 Å². The van der Waals surface area contributed by atoms with Crippen LogP contribution in [0, 0.1) is 23.7 Å². The molecule has 0 fully saturated rings. The third-order valence-electron chi connectivity index (χ3n) is 11.1. The summed E-state index contributed by atoms with van der Waals surface area (Å²) in [6, 6.07) is 0. The number of aliphatic carboxylic acids is 2. The number of carboxylic acids is 2. The van der Waals surface area contributed by atoms with E-state index in [2.05, 4.69) is 41.5 Å². The summed E-state index contributed by atoms with van der Waals surface area (Å²) in [5.41, 5.74) is 0.285. The van der Waals surface area contributed by atoms with Gasteiger partial charge < -0.3 is 10.2 Å². The first-order valence-corrected chi connectivity index (χ1v) is 21.3. The fourth-order valence-electron chi connectivity index (χ4n) is 7.60. The van der Waals surface area contributed by atoms with Crippen molar-refractivity contribution in [3.63, 3.8) is 0 Å². The highest BCUT2D eigenvalue weighted by Gasteiger charge is 2.21. The molecule has 4 nitrogen and oxygen atoms in total. The van der Waals surface area contributed by atoms with Gasteiger partial charge in [-0.25, -0.2) is 9.59 Å². The Kier molecular flexibility index (Phi) is 32.0. The van der Waals surface area contributed by atoms with Crippen molar-refractivity contribution in [1.82, 2.24) is 0 Å². The van der Waals surface area contributed by atoms with Crippen LogP contribution in [0.2, 0.25) is 0 Å². The summed E-state index contributed by atoms with van der Waals surface area (Å²) in [7, 11) is 0. The molecule has 0 saturated heterocycles. The van der Waals surface area contributed by atoms with Gasteiger partial charge in [-0.05, 0) is 49.4 Å². The minimum absolute atomic E-state index is 0.143. The zero-order valence-electron chi connectivity index (χ0n) is 33.2. The van der Waals surface area contributed by atoms with Crippen LogP contribution < -0.4 is 0 Å². The van der Waals surface area contributed by atoms with E-state index in [1.54, 1.807) is 0 Å². The predicted molar refractivity (Wildman–Crippen MR) is 209 cm³/mol. The zero-order chi connectivity index (χ0) is 35.8. The number of hydrogen-bond donors (Lipinski definition) is 2. The molecule has 0 aliphatic heterocycles. The molecule has 0 aliphatic carbocycles. The molecule has 0 aromatic carbocycles. The van der Waals surface area contributed by atoms with Gasteiger partial charge in [0.2, 0.25) is 0 Å². The Hall–Kier alpha value is -1.32. The molecule has 0 bridgehead atoms. The van der Waals surface area contributed by atoms with Crippen molar-refractivity contribution in [3.8, 4) is 0 Å². The minimum Gasteiger partial charge on any atom is -0.478 e. The maximum Gasteiger partial charge on any atom is 0.332 e.